The highest BCUT2D eigenvalue weighted by Crippen LogP contribution is 2.38. The maximum Gasteiger partial charge on any atom is 0.338 e. The van der Waals surface area contributed by atoms with Gasteiger partial charge in [-0.25, -0.2) is 9.59 Å². The summed E-state index contributed by atoms with van der Waals surface area (Å²) < 4.78 is 19.1. The highest BCUT2D eigenvalue weighted by Gasteiger charge is 2.50. The van der Waals surface area contributed by atoms with Crippen molar-refractivity contribution in [3.8, 4) is 0 Å². The summed E-state index contributed by atoms with van der Waals surface area (Å²) in [5.41, 5.74) is 1.94. The Hall–Kier alpha value is -4.05. The lowest BCUT2D eigenvalue weighted by Crippen LogP contribution is -2.58. The first-order chi connectivity index (χ1) is 21.4. The fourth-order valence-electron chi connectivity index (χ4n) is 5.36. The predicted octanol–water partition coefficient (Wildman–Crippen LogP) is 6.39. The molecule has 4 aromatic carbocycles. The number of thiophene rings is 1. The Kier molecular flexibility index (Phi) is 9.07. The number of esters is 2. The van der Waals surface area contributed by atoms with Crippen molar-refractivity contribution in [2.75, 3.05) is 6.61 Å². The second-order valence-corrected chi connectivity index (χ2v) is 12.1. The SMILES string of the molecule is O=C(O[C@H]1[C@H](O)C(CO)OC(c2ccc(Cl)c(Cc3cc4ccccc4s3)c2)[C@@H]1OC(=O)c1ccccc1)c1ccccc1. The minimum absolute atomic E-state index is 0.258. The standard InChI is InChI=1S/C35H29ClO7S/c36-27-16-15-24(17-25(27)19-26-18-23-13-7-8-14-29(23)44-26)31-33(43-35(40)22-11-5-2-6-12-22)32(30(38)28(20-37)41-31)42-34(39)21-9-3-1-4-10-21/h1-18,28,30-33,37-38H,19-20H2/t28?,30-,31?,32+,33+/m1/s1. The number of ether oxygens (including phenoxy) is 3. The van der Waals surface area contributed by atoms with Crippen molar-refractivity contribution in [1.29, 1.82) is 0 Å². The summed E-state index contributed by atoms with van der Waals surface area (Å²) in [6.45, 7) is -0.557. The summed E-state index contributed by atoms with van der Waals surface area (Å²) in [5.74, 6) is -1.40. The van der Waals surface area contributed by atoms with Crippen LogP contribution in [0.3, 0.4) is 0 Å². The molecule has 44 heavy (non-hydrogen) atoms. The van der Waals surface area contributed by atoms with Crippen LogP contribution in [0.4, 0.5) is 0 Å². The van der Waals surface area contributed by atoms with Gasteiger partial charge >= 0.3 is 11.9 Å². The van der Waals surface area contributed by atoms with Crippen molar-refractivity contribution in [2.24, 2.45) is 0 Å². The number of carbonyl (C=O) groups excluding carboxylic acids is 2. The molecule has 6 rings (SSSR count). The lowest BCUT2D eigenvalue weighted by molar-refractivity contribution is -0.231. The van der Waals surface area contributed by atoms with E-state index >= 15 is 0 Å². The van der Waals surface area contributed by atoms with Gasteiger partial charge in [-0.05, 0) is 59.0 Å². The van der Waals surface area contributed by atoms with Crippen LogP contribution in [0.15, 0.2) is 109 Å². The zero-order valence-electron chi connectivity index (χ0n) is 23.4. The van der Waals surface area contributed by atoms with Gasteiger partial charge in [-0.1, -0.05) is 78.3 Å². The van der Waals surface area contributed by atoms with Gasteiger partial charge in [0, 0.05) is 21.0 Å². The van der Waals surface area contributed by atoms with Gasteiger partial charge in [-0.15, -0.1) is 11.3 Å². The highest BCUT2D eigenvalue weighted by molar-refractivity contribution is 7.19. The number of hydrogen-bond donors (Lipinski definition) is 2. The molecule has 1 aliphatic rings. The third-order valence-corrected chi connectivity index (χ3v) is 9.07. The van der Waals surface area contributed by atoms with Crippen LogP contribution in [0, 0.1) is 0 Å². The van der Waals surface area contributed by atoms with Crippen LogP contribution in [0.5, 0.6) is 0 Å². The van der Waals surface area contributed by atoms with E-state index in [4.69, 9.17) is 25.8 Å². The zero-order valence-corrected chi connectivity index (χ0v) is 25.0. The first-order valence-corrected chi connectivity index (χ1v) is 15.3. The Morgan fingerprint density at radius 2 is 1.41 bits per heavy atom. The highest BCUT2D eigenvalue weighted by atomic mass is 35.5. The molecule has 224 valence electrons. The lowest BCUT2D eigenvalue weighted by atomic mass is 9.89. The molecule has 1 aliphatic heterocycles. The van der Waals surface area contributed by atoms with E-state index in [1.54, 1.807) is 84.1 Å². The number of rotatable bonds is 8. The van der Waals surface area contributed by atoms with Crippen molar-refractivity contribution in [2.45, 2.75) is 36.9 Å². The maximum atomic E-state index is 13.3. The number of benzene rings is 4. The van der Waals surface area contributed by atoms with Gasteiger partial charge in [-0.3, -0.25) is 0 Å². The van der Waals surface area contributed by atoms with Gasteiger partial charge in [-0.2, -0.15) is 0 Å². The molecule has 9 heteroatoms. The molecule has 2 N–H and O–H groups in total. The Balaban J connectivity index is 1.37. The molecular weight excluding hydrogens is 600 g/mol. The van der Waals surface area contributed by atoms with E-state index < -0.39 is 49.1 Å². The monoisotopic (exact) mass is 628 g/mol. The second kappa shape index (κ2) is 13.3. The van der Waals surface area contributed by atoms with Crippen molar-refractivity contribution in [3.05, 3.63) is 141 Å². The van der Waals surface area contributed by atoms with Crippen molar-refractivity contribution in [1.82, 2.24) is 0 Å². The molecule has 0 aliphatic carbocycles. The maximum absolute atomic E-state index is 13.3. The molecule has 1 saturated heterocycles. The Morgan fingerprint density at radius 1 is 0.795 bits per heavy atom. The molecule has 1 fully saturated rings. The van der Waals surface area contributed by atoms with Crippen LogP contribution < -0.4 is 0 Å². The van der Waals surface area contributed by atoms with Gasteiger partial charge in [0.25, 0.3) is 0 Å². The van der Waals surface area contributed by atoms with Gasteiger partial charge in [0.15, 0.2) is 12.2 Å². The van der Waals surface area contributed by atoms with Crippen LogP contribution in [-0.4, -0.2) is 53.2 Å². The smallest absolute Gasteiger partial charge is 0.338 e. The topological polar surface area (TPSA) is 102 Å². The Bertz CT molecular complexity index is 1720. The van der Waals surface area contributed by atoms with E-state index in [-0.39, 0.29) is 11.1 Å². The summed E-state index contributed by atoms with van der Waals surface area (Å²) in [5, 5.41) is 23.1. The largest absolute Gasteiger partial charge is 0.452 e. The molecule has 2 unspecified atom stereocenters. The summed E-state index contributed by atoms with van der Waals surface area (Å²) in [7, 11) is 0. The molecular formula is C35H29ClO7S. The molecule has 5 atom stereocenters. The second-order valence-electron chi connectivity index (χ2n) is 10.5. The third kappa shape index (κ3) is 6.40. The summed E-state index contributed by atoms with van der Waals surface area (Å²) in [6.07, 6.45) is -5.68. The normalized spacial score (nSPS) is 21.6. The first-order valence-electron chi connectivity index (χ1n) is 14.1. The molecule has 2 heterocycles. The fourth-order valence-corrected chi connectivity index (χ4v) is 6.63. The zero-order chi connectivity index (χ0) is 30.6. The van der Waals surface area contributed by atoms with E-state index in [9.17, 15) is 19.8 Å². The van der Waals surface area contributed by atoms with Crippen molar-refractivity contribution >= 4 is 45.0 Å². The first kappa shape index (κ1) is 30.0. The molecule has 0 spiro atoms. The number of fused-ring (bicyclic) bond motifs is 1. The van der Waals surface area contributed by atoms with E-state index in [1.165, 1.54) is 4.70 Å². The average molecular weight is 629 g/mol. The van der Waals surface area contributed by atoms with Crippen LogP contribution in [0.25, 0.3) is 10.1 Å². The number of aliphatic hydroxyl groups excluding tert-OH is 2. The quantitative estimate of drug-likeness (QED) is 0.192. The van der Waals surface area contributed by atoms with Crippen LogP contribution >= 0.6 is 22.9 Å². The molecule has 0 amide bonds. The van der Waals surface area contributed by atoms with E-state index in [0.717, 1.165) is 15.8 Å². The minimum atomic E-state index is -1.48. The Morgan fingerprint density at radius 3 is 2.05 bits per heavy atom. The summed E-state index contributed by atoms with van der Waals surface area (Å²) in [4.78, 5) is 27.6. The number of aliphatic hydroxyl groups is 2. The molecule has 1 aromatic heterocycles. The van der Waals surface area contributed by atoms with Gasteiger partial charge in [0.2, 0.25) is 0 Å². The van der Waals surface area contributed by atoms with Crippen molar-refractivity contribution < 1.29 is 34.0 Å². The molecule has 0 bridgehead atoms. The molecule has 0 radical (unpaired) electrons. The van der Waals surface area contributed by atoms with E-state index in [0.29, 0.717) is 17.0 Å². The summed E-state index contributed by atoms with van der Waals surface area (Å²) >= 11 is 8.33. The van der Waals surface area contributed by atoms with Gasteiger partial charge in [0.05, 0.1) is 17.7 Å². The molecule has 0 saturated carbocycles. The van der Waals surface area contributed by atoms with Gasteiger partial charge < -0.3 is 24.4 Å². The average Bonchev–Trinajstić information content (AvgIpc) is 3.47. The number of hydrogen-bond acceptors (Lipinski definition) is 8. The fraction of sp³-hybridized carbons (Fsp3) is 0.200. The molecule has 7 nitrogen and oxygen atoms in total. The minimum Gasteiger partial charge on any atom is -0.452 e. The van der Waals surface area contributed by atoms with Gasteiger partial charge in [0.1, 0.15) is 18.3 Å². The summed E-state index contributed by atoms with van der Waals surface area (Å²) in [6, 6.07) is 32.3. The van der Waals surface area contributed by atoms with Crippen LogP contribution in [0.2, 0.25) is 5.02 Å². The lowest BCUT2D eigenvalue weighted by Gasteiger charge is -2.43. The van der Waals surface area contributed by atoms with Crippen LogP contribution in [-0.2, 0) is 20.6 Å². The van der Waals surface area contributed by atoms with Crippen LogP contribution in [0.1, 0.15) is 42.8 Å². The molecule has 5 aromatic rings. The van der Waals surface area contributed by atoms with Crippen molar-refractivity contribution in [3.63, 3.8) is 0 Å². The van der Waals surface area contributed by atoms with E-state index in [2.05, 4.69) is 18.2 Å². The third-order valence-electron chi connectivity index (χ3n) is 7.59. The predicted molar refractivity (Wildman–Crippen MR) is 168 cm³/mol. The number of halogens is 1. The number of carbonyl (C=O) groups is 2. The Labute approximate surface area is 263 Å². The van der Waals surface area contributed by atoms with E-state index in [1.807, 2.05) is 18.2 Å².